The van der Waals surface area contributed by atoms with Crippen LogP contribution >= 0.6 is 23.4 Å². The summed E-state index contributed by atoms with van der Waals surface area (Å²) < 4.78 is 25.1. The van der Waals surface area contributed by atoms with Gasteiger partial charge in [0.25, 0.3) is 0 Å². The molecule has 0 radical (unpaired) electrons. The fourth-order valence-electron chi connectivity index (χ4n) is 3.26. The molecule has 1 N–H and O–H groups in total. The highest BCUT2D eigenvalue weighted by molar-refractivity contribution is 7.99. The number of halogens is 1. The first-order chi connectivity index (χ1) is 13.2. The van der Waals surface area contributed by atoms with Crippen LogP contribution in [0.25, 0.3) is 0 Å². The Bertz CT molecular complexity index is 961. The smallest absolute Gasteiger partial charge is 0.230 e. The van der Waals surface area contributed by atoms with Crippen LogP contribution in [0.1, 0.15) is 30.8 Å². The fourth-order valence-corrected chi connectivity index (χ4v) is 6.16. The van der Waals surface area contributed by atoms with E-state index < -0.39 is 9.84 Å². The average Bonchev–Trinajstić information content (AvgIpc) is 3.16. The van der Waals surface area contributed by atoms with Crippen molar-refractivity contribution in [2.24, 2.45) is 13.0 Å². The maximum atomic E-state index is 12.3. The van der Waals surface area contributed by atoms with E-state index in [-0.39, 0.29) is 35.1 Å². The number of aromatic nitrogens is 3. The molecule has 2 atom stereocenters. The third kappa shape index (κ3) is 5.27. The molecule has 2 unspecified atom stereocenters. The lowest BCUT2D eigenvalue weighted by Crippen LogP contribution is -2.28. The van der Waals surface area contributed by atoms with Crippen molar-refractivity contribution in [3.8, 4) is 0 Å². The Morgan fingerprint density at radius 2 is 2.14 bits per heavy atom. The first-order valence-electron chi connectivity index (χ1n) is 9.00. The van der Waals surface area contributed by atoms with Crippen LogP contribution in [-0.4, -0.2) is 46.3 Å². The molecule has 1 amide bonds. The van der Waals surface area contributed by atoms with Gasteiger partial charge in [-0.25, -0.2) is 8.42 Å². The van der Waals surface area contributed by atoms with Gasteiger partial charge in [-0.2, -0.15) is 0 Å². The number of nitrogens with zero attached hydrogens (tertiary/aromatic N) is 3. The molecule has 0 saturated carbocycles. The van der Waals surface area contributed by atoms with Gasteiger partial charge < -0.3 is 9.88 Å². The van der Waals surface area contributed by atoms with Crippen LogP contribution in [0, 0.1) is 5.92 Å². The fraction of sp³-hybridized carbons (Fsp3) is 0.500. The van der Waals surface area contributed by atoms with Gasteiger partial charge in [0.15, 0.2) is 15.0 Å². The second kappa shape index (κ2) is 8.84. The Morgan fingerprint density at radius 3 is 2.82 bits per heavy atom. The number of carbonyl (C=O) groups excluding carboxylic acids is 1. The van der Waals surface area contributed by atoms with Crippen LogP contribution in [0.3, 0.4) is 0 Å². The molecule has 152 valence electrons. The number of amides is 1. The lowest BCUT2D eigenvalue weighted by Gasteiger charge is -2.15. The standard InChI is InChI=1S/C18H23ClN4O3S2/c1-12(14-5-3-4-6-15(14)19)20-17(24)10-27-18-22-21-16(23(18)2)9-13-7-8-28(25,26)11-13/h3-6,12-13H,7-11H2,1-2H3,(H,20,24). The monoisotopic (exact) mass is 442 g/mol. The van der Waals surface area contributed by atoms with E-state index >= 15 is 0 Å². The van der Waals surface area contributed by atoms with E-state index in [0.717, 1.165) is 11.4 Å². The van der Waals surface area contributed by atoms with Gasteiger partial charge >= 0.3 is 0 Å². The van der Waals surface area contributed by atoms with E-state index in [1.165, 1.54) is 11.8 Å². The van der Waals surface area contributed by atoms with Gasteiger partial charge in [0.2, 0.25) is 5.91 Å². The minimum absolute atomic E-state index is 0.0884. The number of sulfone groups is 1. The number of thioether (sulfide) groups is 1. The molecule has 0 aliphatic carbocycles. The van der Waals surface area contributed by atoms with Crippen LogP contribution < -0.4 is 5.32 Å². The summed E-state index contributed by atoms with van der Waals surface area (Å²) in [6.45, 7) is 1.89. The molecule has 2 heterocycles. The van der Waals surface area contributed by atoms with Crippen molar-refractivity contribution in [1.29, 1.82) is 0 Å². The number of nitrogens with one attached hydrogen (secondary N) is 1. The van der Waals surface area contributed by atoms with E-state index in [2.05, 4.69) is 15.5 Å². The molecule has 1 aromatic heterocycles. The molecule has 0 spiro atoms. The lowest BCUT2D eigenvalue weighted by atomic mass is 10.1. The maximum Gasteiger partial charge on any atom is 0.230 e. The number of hydrogen-bond acceptors (Lipinski definition) is 6. The molecule has 10 heteroatoms. The van der Waals surface area contributed by atoms with Gasteiger partial charge in [0.1, 0.15) is 5.82 Å². The molecule has 3 rings (SSSR count). The summed E-state index contributed by atoms with van der Waals surface area (Å²) in [6.07, 6.45) is 1.25. The number of hydrogen-bond donors (Lipinski definition) is 1. The number of carbonyl (C=O) groups is 1. The lowest BCUT2D eigenvalue weighted by molar-refractivity contribution is -0.119. The predicted octanol–water partition coefficient (Wildman–Crippen LogP) is 2.42. The summed E-state index contributed by atoms with van der Waals surface area (Å²) in [6, 6.07) is 7.23. The Kier molecular flexibility index (Phi) is 6.67. The minimum atomic E-state index is -2.91. The summed E-state index contributed by atoms with van der Waals surface area (Å²) in [4.78, 5) is 12.3. The van der Waals surface area contributed by atoms with Gasteiger partial charge in [-0.3, -0.25) is 4.79 Å². The summed E-state index contributed by atoms with van der Waals surface area (Å²) in [5.74, 6) is 1.38. The summed E-state index contributed by atoms with van der Waals surface area (Å²) in [5.41, 5.74) is 0.870. The Labute approximate surface area is 174 Å². The molecule has 1 aromatic carbocycles. The maximum absolute atomic E-state index is 12.3. The molecular weight excluding hydrogens is 420 g/mol. The quantitative estimate of drug-likeness (QED) is 0.662. The zero-order valence-corrected chi connectivity index (χ0v) is 18.1. The second-order valence-electron chi connectivity index (χ2n) is 7.03. The topological polar surface area (TPSA) is 94.0 Å². The van der Waals surface area contributed by atoms with Gasteiger partial charge in [-0.15, -0.1) is 10.2 Å². The molecule has 1 saturated heterocycles. The van der Waals surface area contributed by atoms with Crippen LogP contribution in [0.4, 0.5) is 0 Å². The highest BCUT2D eigenvalue weighted by Gasteiger charge is 2.29. The highest BCUT2D eigenvalue weighted by Crippen LogP contribution is 2.25. The van der Waals surface area contributed by atoms with E-state index in [0.29, 0.717) is 23.0 Å². The Morgan fingerprint density at radius 1 is 1.39 bits per heavy atom. The second-order valence-corrected chi connectivity index (χ2v) is 10.6. The largest absolute Gasteiger partial charge is 0.349 e. The molecule has 2 aromatic rings. The SMILES string of the molecule is CC(NC(=O)CSc1nnc(CC2CCS(=O)(=O)C2)n1C)c1ccccc1Cl. The predicted molar refractivity (Wildman–Crippen MR) is 110 cm³/mol. The summed E-state index contributed by atoms with van der Waals surface area (Å²) in [7, 11) is -1.07. The van der Waals surface area contributed by atoms with Gasteiger partial charge in [0, 0.05) is 18.5 Å². The normalized spacial score (nSPS) is 19.5. The van der Waals surface area contributed by atoms with Gasteiger partial charge in [0.05, 0.1) is 23.3 Å². The zero-order valence-electron chi connectivity index (χ0n) is 15.8. The highest BCUT2D eigenvalue weighted by atomic mass is 35.5. The van der Waals surface area contributed by atoms with Crippen LogP contribution in [0.15, 0.2) is 29.4 Å². The molecule has 7 nitrogen and oxygen atoms in total. The average molecular weight is 443 g/mol. The molecule has 1 fully saturated rings. The molecule has 0 bridgehead atoms. The Hall–Kier alpha value is -1.58. The van der Waals surface area contributed by atoms with E-state index in [1.807, 2.05) is 36.7 Å². The van der Waals surface area contributed by atoms with E-state index in [9.17, 15) is 13.2 Å². The van der Waals surface area contributed by atoms with Crippen molar-refractivity contribution in [2.75, 3.05) is 17.3 Å². The number of benzene rings is 1. The van der Waals surface area contributed by atoms with Crippen molar-refractivity contribution in [3.05, 3.63) is 40.7 Å². The zero-order chi connectivity index (χ0) is 20.3. The van der Waals surface area contributed by atoms with Crippen LogP contribution in [0.5, 0.6) is 0 Å². The first kappa shape index (κ1) is 21.1. The van der Waals surface area contributed by atoms with Crippen LogP contribution in [0.2, 0.25) is 5.02 Å². The third-order valence-corrected chi connectivity index (χ3v) is 8.01. The van der Waals surface area contributed by atoms with E-state index in [4.69, 9.17) is 11.6 Å². The van der Waals surface area contributed by atoms with Crippen molar-refractivity contribution in [3.63, 3.8) is 0 Å². The molecule has 28 heavy (non-hydrogen) atoms. The summed E-state index contributed by atoms with van der Waals surface area (Å²) >= 11 is 7.47. The van der Waals surface area contributed by atoms with Gasteiger partial charge in [-0.05, 0) is 30.9 Å². The number of rotatable bonds is 7. The van der Waals surface area contributed by atoms with Crippen molar-refractivity contribution in [1.82, 2.24) is 20.1 Å². The molecule has 1 aliphatic rings. The minimum Gasteiger partial charge on any atom is -0.349 e. The Balaban J connectivity index is 1.53. The van der Waals surface area contributed by atoms with Crippen molar-refractivity contribution >= 4 is 39.1 Å². The van der Waals surface area contributed by atoms with Crippen LogP contribution in [-0.2, 0) is 28.1 Å². The van der Waals surface area contributed by atoms with Crippen molar-refractivity contribution < 1.29 is 13.2 Å². The van der Waals surface area contributed by atoms with Crippen molar-refractivity contribution in [2.45, 2.75) is 31.0 Å². The molecular formula is C18H23ClN4O3S2. The van der Waals surface area contributed by atoms with Gasteiger partial charge in [-0.1, -0.05) is 41.6 Å². The summed E-state index contributed by atoms with van der Waals surface area (Å²) in [5, 5.41) is 12.5. The molecule has 1 aliphatic heterocycles. The van der Waals surface area contributed by atoms with E-state index in [1.54, 1.807) is 6.07 Å². The third-order valence-electron chi connectivity index (χ3n) is 4.80. The first-order valence-corrected chi connectivity index (χ1v) is 12.2.